The fourth-order valence-electron chi connectivity index (χ4n) is 2.26. The number of aromatic nitrogens is 2. The molecule has 0 spiro atoms. The molecule has 0 fully saturated rings. The standard InChI is InChI=1S/C18H18N2O4S/c1-12(2)13-5-3-6-14(11-13)23-16(21)8-9-20-18(22)24-17(19-20)15-7-4-10-25-15/h3-7,10-12H,8-9H2,1-2H3. The van der Waals surface area contributed by atoms with Crippen molar-refractivity contribution in [2.24, 2.45) is 0 Å². The van der Waals surface area contributed by atoms with Crippen LogP contribution >= 0.6 is 11.3 Å². The first-order valence-electron chi connectivity index (χ1n) is 7.95. The van der Waals surface area contributed by atoms with E-state index in [1.807, 2.05) is 35.7 Å². The Bertz CT molecular complexity index is 909. The highest BCUT2D eigenvalue weighted by atomic mass is 32.1. The maximum atomic E-state index is 12.0. The van der Waals surface area contributed by atoms with E-state index in [4.69, 9.17) is 9.15 Å². The van der Waals surface area contributed by atoms with E-state index in [1.54, 1.807) is 6.07 Å². The fourth-order valence-corrected chi connectivity index (χ4v) is 2.91. The Labute approximate surface area is 148 Å². The Balaban J connectivity index is 1.61. The summed E-state index contributed by atoms with van der Waals surface area (Å²) in [6.07, 6.45) is 0.0300. The number of rotatable bonds is 6. The third kappa shape index (κ3) is 4.24. The highest BCUT2D eigenvalue weighted by Crippen LogP contribution is 2.22. The number of benzene rings is 1. The zero-order valence-corrected chi connectivity index (χ0v) is 14.8. The highest BCUT2D eigenvalue weighted by Gasteiger charge is 2.13. The fraction of sp³-hybridized carbons (Fsp3) is 0.278. The van der Waals surface area contributed by atoms with Gasteiger partial charge in [-0.2, -0.15) is 4.68 Å². The summed E-state index contributed by atoms with van der Waals surface area (Å²) in [6, 6.07) is 11.1. The van der Waals surface area contributed by atoms with Crippen LogP contribution in [0.4, 0.5) is 0 Å². The molecule has 25 heavy (non-hydrogen) atoms. The van der Waals surface area contributed by atoms with Crippen molar-refractivity contribution in [1.82, 2.24) is 9.78 Å². The van der Waals surface area contributed by atoms with E-state index in [0.717, 1.165) is 15.1 Å². The lowest BCUT2D eigenvalue weighted by Crippen LogP contribution is -2.20. The summed E-state index contributed by atoms with van der Waals surface area (Å²) in [4.78, 5) is 24.6. The molecule has 130 valence electrons. The Morgan fingerprint density at radius 3 is 2.88 bits per heavy atom. The molecule has 2 aromatic heterocycles. The van der Waals surface area contributed by atoms with Gasteiger partial charge in [0.25, 0.3) is 5.89 Å². The van der Waals surface area contributed by atoms with Gasteiger partial charge in [-0.3, -0.25) is 4.79 Å². The van der Waals surface area contributed by atoms with Crippen molar-refractivity contribution in [3.63, 3.8) is 0 Å². The summed E-state index contributed by atoms with van der Waals surface area (Å²) < 4.78 is 11.6. The van der Waals surface area contributed by atoms with Crippen LogP contribution in [0.2, 0.25) is 0 Å². The molecule has 0 radical (unpaired) electrons. The van der Waals surface area contributed by atoms with E-state index >= 15 is 0 Å². The molecule has 3 aromatic rings. The molecule has 0 aliphatic rings. The van der Waals surface area contributed by atoms with Crippen LogP contribution in [0.5, 0.6) is 5.75 Å². The van der Waals surface area contributed by atoms with E-state index in [-0.39, 0.29) is 18.9 Å². The molecular formula is C18H18N2O4S. The Kier molecular flexibility index (Phi) is 5.14. The minimum absolute atomic E-state index is 0.0300. The van der Waals surface area contributed by atoms with Gasteiger partial charge in [-0.05, 0) is 35.1 Å². The second-order valence-corrected chi connectivity index (χ2v) is 6.77. The van der Waals surface area contributed by atoms with Crippen LogP contribution in [-0.4, -0.2) is 15.7 Å². The van der Waals surface area contributed by atoms with Crippen LogP contribution in [0.3, 0.4) is 0 Å². The van der Waals surface area contributed by atoms with Gasteiger partial charge < -0.3 is 9.15 Å². The summed E-state index contributed by atoms with van der Waals surface area (Å²) in [5, 5.41) is 5.98. The lowest BCUT2D eigenvalue weighted by molar-refractivity contribution is -0.134. The number of hydrogen-bond acceptors (Lipinski definition) is 6. The molecule has 3 rings (SSSR count). The first-order valence-corrected chi connectivity index (χ1v) is 8.83. The molecule has 0 amide bonds. The van der Waals surface area contributed by atoms with Crippen LogP contribution in [0, 0.1) is 0 Å². The van der Waals surface area contributed by atoms with E-state index in [9.17, 15) is 9.59 Å². The SMILES string of the molecule is CC(C)c1cccc(OC(=O)CCn2nc(-c3cccs3)oc2=O)c1. The zero-order valence-electron chi connectivity index (χ0n) is 14.0. The van der Waals surface area contributed by atoms with Gasteiger partial charge in [0, 0.05) is 0 Å². The molecule has 0 N–H and O–H groups in total. The molecule has 0 bridgehead atoms. The van der Waals surface area contributed by atoms with Crippen molar-refractivity contribution in [2.75, 3.05) is 0 Å². The van der Waals surface area contributed by atoms with Gasteiger partial charge in [0.05, 0.1) is 17.8 Å². The van der Waals surface area contributed by atoms with Gasteiger partial charge in [0.2, 0.25) is 0 Å². The largest absolute Gasteiger partial charge is 0.437 e. The quantitative estimate of drug-likeness (QED) is 0.496. The number of esters is 1. The van der Waals surface area contributed by atoms with Crippen molar-refractivity contribution in [1.29, 1.82) is 0 Å². The van der Waals surface area contributed by atoms with Crippen LogP contribution in [0.15, 0.2) is 51.0 Å². The Morgan fingerprint density at radius 1 is 1.32 bits per heavy atom. The number of carbonyl (C=O) groups excluding carboxylic acids is 1. The molecule has 0 aliphatic heterocycles. The third-order valence-corrected chi connectivity index (χ3v) is 4.48. The predicted octanol–water partition coefficient (Wildman–Crippen LogP) is 3.68. The summed E-state index contributed by atoms with van der Waals surface area (Å²) in [7, 11) is 0. The highest BCUT2D eigenvalue weighted by molar-refractivity contribution is 7.13. The summed E-state index contributed by atoms with van der Waals surface area (Å²) in [5.41, 5.74) is 1.10. The zero-order chi connectivity index (χ0) is 17.8. The van der Waals surface area contributed by atoms with Crippen LogP contribution in [-0.2, 0) is 11.3 Å². The monoisotopic (exact) mass is 358 g/mol. The number of thiophene rings is 1. The number of nitrogens with zero attached hydrogens (tertiary/aromatic N) is 2. The number of hydrogen-bond donors (Lipinski definition) is 0. The molecule has 0 unspecified atom stereocenters. The van der Waals surface area contributed by atoms with Crippen LogP contribution in [0.25, 0.3) is 10.8 Å². The second-order valence-electron chi connectivity index (χ2n) is 5.82. The molecule has 7 heteroatoms. The molecule has 0 atom stereocenters. The van der Waals surface area contributed by atoms with Crippen molar-refractivity contribution >= 4 is 17.3 Å². The van der Waals surface area contributed by atoms with Crippen LogP contribution in [0.1, 0.15) is 31.7 Å². The first-order chi connectivity index (χ1) is 12.0. The van der Waals surface area contributed by atoms with Gasteiger partial charge >= 0.3 is 11.7 Å². The second kappa shape index (κ2) is 7.48. The molecule has 2 heterocycles. The number of carbonyl (C=O) groups is 1. The molecule has 0 saturated carbocycles. The van der Waals surface area contributed by atoms with Gasteiger partial charge in [0.15, 0.2) is 0 Å². The lowest BCUT2D eigenvalue weighted by atomic mass is 10.0. The number of aryl methyl sites for hydroxylation is 1. The Hall–Kier alpha value is -2.67. The molecule has 1 aromatic carbocycles. The number of ether oxygens (including phenoxy) is 1. The first kappa shape index (κ1) is 17.2. The molecule has 0 aliphatic carbocycles. The molecule has 6 nitrogen and oxygen atoms in total. The van der Waals surface area contributed by atoms with Crippen molar-refractivity contribution in [3.8, 4) is 16.5 Å². The van der Waals surface area contributed by atoms with Gasteiger partial charge in [-0.15, -0.1) is 16.4 Å². The lowest BCUT2D eigenvalue weighted by Gasteiger charge is -2.08. The van der Waals surface area contributed by atoms with E-state index in [2.05, 4.69) is 18.9 Å². The Morgan fingerprint density at radius 2 is 2.16 bits per heavy atom. The van der Waals surface area contributed by atoms with Crippen molar-refractivity contribution < 1.29 is 13.9 Å². The van der Waals surface area contributed by atoms with Crippen molar-refractivity contribution in [2.45, 2.75) is 32.7 Å². The normalized spacial score (nSPS) is 11.0. The van der Waals surface area contributed by atoms with Crippen molar-refractivity contribution in [3.05, 3.63) is 57.9 Å². The van der Waals surface area contributed by atoms with Gasteiger partial charge in [0.1, 0.15) is 5.75 Å². The average Bonchev–Trinajstić information content (AvgIpc) is 3.23. The van der Waals surface area contributed by atoms with E-state index < -0.39 is 11.7 Å². The smallest absolute Gasteiger partial charge is 0.426 e. The molecule has 0 saturated heterocycles. The molecular weight excluding hydrogens is 340 g/mol. The maximum Gasteiger partial charge on any atom is 0.437 e. The third-order valence-electron chi connectivity index (χ3n) is 3.62. The maximum absolute atomic E-state index is 12.0. The van der Waals surface area contributed by atoms with Gasteiger partial charge in [-0.1, -0.05) is 32.0 Å². The summed E-state index contributed by atoms with van der Waals surface area (Å²) in [5.74, 6) is 0.107. The van der Waals surface area contributed by atoms with Crippen LogP contribution < -0.4 is 10.5 Å². The topological polar surface area (TPSA) is 74.3 Å². The minimum atomic E-state index is -0.585. The summed E-state index contributed by atoms with van der Waals surface area (Å²) >= 11 is 1.43. The minimum Gasteiger partial charge on any atom is -0.426 e. The van der Waals surface area contributed by atoms with E-state index in [1.165, 1.54) is 11.3 Å². The summed E-state index contributed by atoms with van der Waals surface area (Å²) in [6.45, 7) is 4.25. The predicted molar refractivity (Wildman–Crippen MR) is 94.9 cm³/mol. The average molecular weight is 358 g/mol. The van der Waals surface area contributed by atoms with E-state index in [0.29, 0.717) is 11.7 Å². The van der Waals surface area contributed by atoms with Gasteiger partial charge in [-0.25, -0.2) is 4.79 Å².